The van der Waals surface area contributed by atoms with E-state index < -0.39 is 13.1 Å². The van der Waals surface area contributed by atoms with Crippen LogP contribution in [-0.4, -0.2) is 113 Å². The molecule has 13 rings (SSSR count). The molecule has 1 saturated heterocycles. The third-order valence-electron chi connectivity index (χ3n) is 15.3. The van der Waals surface area contributed by atoms with Crippen LogP contribution in [0.3, 0.4) is 0 Å². The molecular formula is C74H58BCl3N12O8S3. The fourth-order valence-electron chi connectivity index (χ4n) is 9.82. The summed E-state index contributed by atoms with van der Waals surface area (Å²) in [5.41, 5.74) is 7.29. The predicted molar refractivity (Wildman–Crippen MR) is 397 cm³/mol. The van der Waals surface area contributed by atoms with Gasteiger partial charge in [-0.05, 0) is 84.4 Å². The Hall–Kier alpha value is -10.6. The second-order valence-electron chi connectivity index (χ2n) is 21.9. The van der Waals surface area contributed by atoms with Crippen LogP contribution < -0.4 is 5.46 Å². The Morgan fingerprint density at radius 1 is 0.446 bits per heavy atom. The third-order valence-corrected chi connectivity index (χ3v) is 18.4. The van der Waals surface area contributed by atoms with Crippen LogP contribution in [0, 0.1) is 45.3 Å². The summed E-state index contributed by atoms with van der Waals surface area (Å²) in [6, 6.07) is 54.3. The molecule has 1 aliphatic heterocycles. The smallest absolute Gasteiger partial charge is 0.481 e. The highest BCUT2D eigenvalue weighted by atomic mass is 35.5. The van der Waals surface area contributed by atoms with Crippen molar-refractivity contribution in [1.29, 1.82) is 21.0 Å². The summed E-state index contributed by atoms with van der Waals surface area (Å²) < 4.78 is 21.1. The summed E-state index contributed by atoms with van der Waals surface area (Å²) in [7, 11) is 2.28. The highest BCUT2D eigenvalue weighted by Gasteiger charge is 2.52. The maximum Gasteiger partial charge on any atom is 0.495 e. The number of carbonyl (C=O) groups is 3. The highest BCUT2D eigenvalue weighted by molar-refractivity contribution is 8.00. The van der Waals surface area contributed by atoms with E-state index in [-0.39, 0.29) is 50.7 Å². The SMILES string of the molecule is CC1(C)OB(c2ccc(C#N)c3ccccc23)OC1(C)C.COC(=O)CS.COC(=O)CSc1nccnc1-c1ccc(C#N)c2ccccc12.Clc1nccnc1Cl.N#Cc1ccc(-c2nccnc2Cl)c2ccccc12.N#Cc1ccc(-c2nccnc2SCC(=O)O)c2ccccc12. The minimum absolute atomic E-state index is 0.0834. The minimum Gasteiger partial charge on any atom is -0.481 e. The number of thioether (sulfide) groups is 2. The zero-order valence-corrected chi connectivity index (χ0v) is 59.5. The van der Waals surface area contributed by atoms with Crippen LogP contribution in [0.2, 0.25) is 15.5 Å². The molecule has 101 heavy (non-hydrogen) atoms. The van der Waals surface area contributed by atoms with Gasteiger partial charge >= 0.3 is 25.0 Å². The van der Waals surface area contributed by atoms with Crippen molar-refractivity contribution in [2.24, 2.45) is 0 Å². The van der Waals surface area contributed by atoms with E-state index in [2.05, 4.69) is 86.3 Å². The number of carbonyl (C=O) groups excluding carboxylic acids is 2. The molecule has 0 amide bonds. The predicted octanol–water partition coefficient (Wildman–Crippen LogP) is 15.5. The lowest BCUT2D eigenvalue weighted by Crippen LogP contribution is -2.41. The topological polar surface area (TPSA) is 307 Å². The number of nitrogens with zero attached hydrogens (tertiary/aromatic N) is 12. The summed E-state index contributed by atoms with van der Waals surface area (Å²) in [5, 5.41) is 55.2. The van der Waals surface area contributed by atoms with Gasteiger partial charge in [0.05, 0.1) is 89.2 Å². The molecule has 5 heterocycles. The maximum absolute atomic E-state index is 11.4. The van der Waals surface area contributed by atoms with Gasteiger partial charge in [0.15, 0.2) is 15.5 Å². The first kappa shape index (κ1) is 76.2. The molecule has 27 heteroatoms. The monoisotopic (exact) mass is 1450 g/mol. The Kier molecular flexibility index (Phi) is 27.5. The van der Waals surface area contributed by atoms with Gasteiger partial charge in [0, 0.05) is 82.4 Å². The summed E-state index contributed by atoms with van der Waals surface area (Å²) >= 11 is 22.9. The normalized spacial score (nSPS) is 12.0. The Labute approximate surface area is 610 Å². The summed E-state index contributed by atoms with van der Waals surface area (Å²) in [6.07, 6.45) is 12.4. The first-order valence-electron chi connectivity index (χ1n) is 30.2. The van der Waals surface area contributed by atoms with Gasteiger partial charge in [0.1, 0.15) is 27.1 Å². The molecule has 0 saturated carbocycles. The molecule has 4 aromatic heterocycles. The third kappa shape index (κ3) is 19.2. The van der Waals surface area contributed by atoms with Crippen molar-refractivity contribution in [2.45, 2.75) is 48.9 Å². The van der Waals surface area contributed by atoms with Crippen molar-refractivity contribution in [3.05, 3.63) is 233 Å². The second kappa shape index (κ2) is 36.5. The molecule has 1 N–H and O–H groups in total. The number of aromatic nitrogens is 8. The number of thiol groups is 1. The molecule has 0 bridgehead atoms. The Morgan fingerprint density at radius 2 is 0.762 bits per heavy atom. The maximum atomic E-state index is 11.4. The van der Waals surface area contributed by atoms with E-state index in [4.69, 9.17) is 54.5 Å². The number of fused-ring (bicyclic) bond motifs is 4. The molecule has 1 aliphatic rings. The van der Waals surface area contributed by atoms with Crippen molar-refractivity contribution in [3.63, 3.8) is 0 Å². The fourth-order valence-corrected chi connectivity index (χ4v) is 11.9. The summed E-state index contributed by atoms with van der Waals surface area (Å²) in [4.78, 5) is 65.1. The average Bonchev–Trinajstić information content (AvgIpc) is 1.70. The van der Waals surface area contributed by atoms with Crippen LogP contribution in [0.1, 0.15) is 49.9 Å². The number of nitriles is 4. The highest BCUT2D eigenvalue weighted by Crippen LogP contribution is 2.39. The van der Waals surface area contributed by atoms with Gasteiger partial charge in [-0.1, -0.05) is 180 Å². The van der Waals surface area contributed by atoms with Crippen LogP contribution in [0.4, 0.5) is 0 Å². The fraction of sp³-hybridized carbons (Fsp3) is 0.149. The Bertz CT molecular complexity index is 5150. The van der Waals surface area contributed by atoms with Crippen molar-refractivity contribution in [2.75, 3.05) is 31.5 Å². The van der Waals surface area contributed by atoms with Gasteiger partial charge < -0.3 is 23.9 Å². The lowest BCUT2D eigenvalue weighted by Gasteiger charge is -2.32. The number of esters is 2. The van der Waals surface area contributed by atoms with Gasteiger partial charge in [-0.25, -0.2) is 24.9 Å². The van der Waals surface area contributed by atoms with Crippen LogP contribution in [-0.2, 0) is 33.2 Å². The number of carboxylic acid groups (broad SMARTS) is 1. The zero-order chi connectivity index (χ0) is 72.6. The van der Waals surface area contributed by atoms with Crippen LogP contribution in [0.15, 0.2) is 205 Å². The van der Waals surface area contributed by atoms with Gasteiger partial charge in [-0.3, -0.25) is 29.3 Å². The summed E-state index contributed by atoms with van der Waals surface area (Å²) in [6.45, 7) is 8.16. The molecule has 20 nitrogen and oxygen atoms in total. The summed E-state index contributed by atoms with van der Waals surface area (Å²) in [5.74, 6) is -1.27. The molecule has 0 atom stereocenters. The first-order valence-corrected chi connectivity index (χ1v) is 33.9. The van der Waals surface area contributed by atoms with Crippen molar-refractivity contribution in [3.8, 4) is 58.0 Å². The van der Waals surface area contributed by atoms with E-state index in [0.717, 1.165) is 77.0 Å². The molecule has 8 aromatic carbocycles. The number of benzene rings is 8. The molecule has 1 fully saturated rings. The lowest BCUT2D eigenvalue weighted by atomic mass is 9.75. The molecule has 0 aliphatic carbocycles. The van der Waals surface area contributed by atoms with E-state index in [1.807, 2.05) is 155 Å². The van der Waals surface area contributed by atoms with Crippen LogP contribution >= 0.6 is 71.0 Å². The van der Waals surface area contributed by atoms with Gasteiger partial charge in [0.25, 0.3) is 0 Å². The number of hydrogen-bond donors (Lipinski definition) is 2. The Morgan fingerprint density at radius 3 is 1.11 bits per heavy atom. The molecule has 0 radical (unpaired) electrons. The van der Waals surface area contributed by atoms with Gasteiger partial charge in [-0.2, -0.15) is 33.7 Å². The average molecular weight is 1460 g/mol. The van der Waals surface area contributed by atoms with Crippen molar-refractivity contribution >= 4 is 145 Å². The van der Waals surface area contributed by atoms with E-state index in [0.29, 0.717) is 54.5 Å². The number of hydrogen-bond acceptors (Lipinski definition) is 22. The van der Waals surface area contributed by atoms with Crippen molar-refractivity contribution in [1.82, 2.24) is 39.9 Å². The van der Waals surface area contributed by atoms with E-state index in [1.54, 1.807) is 55.4 Å². The molecular weight excluding hydrogens is 1400 g/mol. The van der Waals surface area contributed by atoms with E-state index in [9.17, 15) is 30.2 Å². The molecule has 12 aromatic rings. The van der Waals surface area contributed by atoms with E-state index >= 15 is 0 Å². The number of ether oxygens (including phenoxy) is 2. The number of rotatable bonds is 11. The standard InChI is InChI=1S/C18H13N3O2S.C17H18BNO2.C17H11N3O2S.C15H8ClN3.C4H2Cl2N2.C3H6O2S/c1-23-16(22)11-24-18-17(20-8-9-21-18)15-7-6-12(10-19)13-4-2-3-5-14(13)15;1-16(2)17(3,4)21-18(20-16)15-10-9-12(11-19)13-7-5-6-8-14(13)15;18-9-11-5-6-14(13-4-2-1-3-12(11)13)16-17(20-8-7-19-16)23-10-15(21)22;16-15-14(18-7-8-19-15)13-6-5-10(9-17)11-3-1-2-4-12(11)13;5-3-4(6)8-2-1-7-3;1-5-3(4)2-6/h2-9H,11H2,1H3;5-10H,1-4H3;1-8H,10H2,(H,21,22);1-8H;1-2H;6H,2H2,1H3. The molecule has 0 spiro atoms. The largest absolute Gasteiger partial charge is 0.495 e. The quantitative estimate of drug-likeness (QED) is 0.0526. The van der Waals surface area contributed by atoms with Gasteiger partial charge in [-0.15, -0.1) is 0 Å². The second-order valence-corrected chi connectivity index (χ2v) is 25.3. The Balaban J connectivity index is 0.000000161. The zero-order valence-electron chi connectivity index (χ0n) is 54.7. The lowest BCUT2D eigenvalue weighted by molar-refractivity contribution is -0.138. The van der Waals surface area contributed by atoms with E-state index in [1.165, 1.54) is 38.4 Å². The minimum atomic E-state index is -0.906. The van der Waals surface area contributed by atoms with Crippen LogP contribution in [0.25, 0.3) is 76.9 Å². The molecule has 0 unspecified atom stereocenters. The van der Waals surface area contributed by atoms with Crippen molar-refractivity contribution < 1.29 is 38.3 Å². The van der Waals surface area contributed by atoms with Crippen LogP contribution in [0.5, 0.6) is 0 Å². The first-order chi connectivity index (χ1) is 48.7. The molecule has 504 valence electrons. The number of carboxylic acids is 1. The number of halogens is 3. The van der Waals surface area contributed by atoms with Gasteiger partial charge in [0.2, 0.25) is 0 Å². The number of methoxy groups -OCH3 is 2. The number of aliphatic carboxylic acids is 1.